The molecule has 0 aromatic heterocycles. The Morgan fingerprint density at radius 3 is 2.54 bits per heavy atom. The van der Waals surface area contributed by atoms with Gasteiger partial charge in [-0.3, -0.25) is 4.79 Å². The molecule has 0 aliphatic heterocycles. The van der Waals surface area contributed by atoms with Crippen LogP contribution in [0, 0.1) is 24.1 Å². The quantitative estimate of drug-likeness (QED) is 0.302. The molecule has 0 radical (unpaired) electrons. The number of rotatable bonds is 6. The highest BCUT2D eigenvalue weighted by molar-refractivity contribution is 5.77. The van der Waals surface area contributed by atoms with E-state index in [1.807, 2.05) is 19.1 Å². The van der Waals surface area contributed by atoms with E-state index in [0.717, 1.165) is 54.5 Å². The van der Waals surface area contributed by atoms with Crippen LogP contribution < -0.4 is 4.74 Å². The third-order valence-electron chi connectivity index (χ3n) is 10.1. The Bertz CT molecular complexity index is 1420. The van der Waals surface area contributed by atoms with Crippen molar-refractivity contribution in [3.8, 4) is 16.9 Å². The molecule has 6 rings (SSSR count). The second kappa shape index (κ2) is 9.80. The molecule has 4 heteroatoms. The number of carbonyl (C=O) groups is 1. The fourth-order valence-corrected chi connectivity index (χ4v) is 7.71. The summed E-state index contributed by atoms with van der Waals surface area (Å²) in [6, 6.07) is 18.2. The zero-order chi connectivity index (χ0) is 27.4. The van der Waals surface area contributed by atoms with Crippen molar-refractivity contribution in [2.45, 2.75) is 83.7 Å². The number of ether oxygens (including phenoxy) is 2. The minimum atomic E-state index is -0.171. The molecule has 0 N–H and O–H groups in total. The molecule has 39 heavy (non-hydrogen) atoms. The third-order valence-corrected chi connectivity index (χ3v) is 10.1. The molecule has 0 saturated heterocycles. The normalized spacial score (nSPS) is 24.8. The van der Waals surface area contributed by atoms with E-state index in [1.165, 1.54) is 36.6 Å². The Kier molecular flexibility index (Phi) is 6.56. The van der Waals surface area contributed by atoms with E-state index >= 15 is 4.39 Å². The summed E-state index contributed by atoms with van der Waals surface area (Å²) in [5.41, 5.74) is 7.73. The molecule has 204 valence electrons. The molecular formula is C35H39FO3. The number of esters is 1. The van der Waals surface area contributed by atoms with E-state index in [9.17, 15) is 4.79 Å². The first-order chi connectivity index (χ1) is 18.7. The molecule has 0 bridgehead atoms. The van der Waals surface area contributed by atoms with Gasteiger partial charge >= 0.3 is 5.97 Å². The monoisotopic (exact) mass is 526 g/mol. The number of halogens is 1. The minimum Gasteiger partial charge on any atom is -0.489 e. The number of methoxy groups -OCH3 is 1. The van der Waals surface area contributed by atoms with Gasteiger partial charge in [0, 0.05) is 11.0 Å². The summed E-state index contributed by atoms with van der Waals surface area (Å²) < 4.78 is 26.5. The van der Waals surface area contributed by atoms with Crippen LogP contribution in [-0.2, 0) is 28.0 Å². The largest absolute Gasteiger partial charge is 0.489 e. The Balaban J connectivity index is 1.29. The molecule has 3 aromatic carbocycles. The lowest BCUT2D eigenvalue weighted by atomic mass is 9.57. The van der Waals surface area contributed by atoms with Crippen molar-refractivity contribution in [2.24, 2.45) is 11.3 Å². The number of hydrogen-bond acceptors (Lipinski definition) is 3. The van der Waals surface area contributed by atoms with Crippen LogP contribution in [0.3, 0.4) is 0 Å². The molecule has 3 aliphatic rings. The molecule has 3 atom stereocenters. The van der Waals surface area contributed by atoms with Gasteiger partial charge in [-0.15, -0.1) is 0 Å². The van der Waals surface area contributed by atoms with Crippen LogP contribution in [0.5, 0.6) is 5.75 Å². The highest BCUT2D eigenvalue weighted by Gasteiger charge is 2.55. The van der Waals surface area contributed by atoms with E-state index in [0.29, 0.717) is 18.1 Å². The molecule has 0 amide bonds. The first kappa shape index (κ1) is 26.1. The second-order valence-corrected chi connectivity index (χ2v) is 12.7. The van der Waals surface area contributed by atoms with Crippen LogP contribution in [0.15, 0.2) is 54.6 Å². The van der Waals surface area contributed by atoms with Crippen LogP contribution in [-0.4, -0.2) is 13.1 Å². The first-order valence-electron chi connectivity index (χ1n) is 14.5. The van der Waals surface area contributed by atoms with Crippen molar-refractivity contribution in [3.05, 3.63) is 88.2 Å². The summed E-state index contributed by atoms with van der Waals surface area (Å²) in [4.78, 5) is 12.4. The van der Waals surface area contributed by atoms with E-state index in [1.54, 1.807) is 6.07 Å². The summed E-state index contributed by atoms with van der Waals surface area (Å²) in [6.45, 7) is 7.14. The molecule has 0 heterocycles. The predicted molar refractivity (Wildman–Crippen MR) is 152 cm³/mol. The summed E-state index contributed by atoms with van der Waals surface area (Å²) in [6.07, 6.45) is 7.41. The van der Waals surface area contributed by atoms with Gasteiger partial charge in [-0.2, -0.15) is 0 Å². The van der Waals surface area contributed by atoms with Gasteiger partial charge in [-0.1, -0.05) is 56.2 Å². The zero-order valence-corrected chi connectivity index (χ0v) is 23.6. The lowest BCUT2D eigenvalue weighted by molar-refractivity contribution is -0.153. The highest BCUT2D eigenvalue weighted by Crippen LogP contribution is 2.57. The van der Waals surface area contributed by atoms with Crippen molar-refractivity contribution in [2.75, 3.05) is 7.11 Å². The summed E-state index contributed by atoms with van der Waals surface area (Å²) in [7, 11) is 1.49. The molecule has 1 spiro atoms. The van der Waals surface area contributed by atoms with Crippen molar-refractivity contribution in [1.82, 2.24) is 0 Å². The van der Waals surface area contributed by atoms with Gasteiger partial charge in [-0.05, 0) is 109 Å². The number of carbonyl (C=O) groups excluding carboxylic acids is 1. The fourth-order valence-electron chi connectivity index (χ4n) is 7.71. The standard InChI is InChI=1S/C35H39FO3/c1-22-7-12-32(36)28(18-22)26-11-8-23(19-27(26)29-6-5-15-34(29,2)3)21-39-25-10-9-24-13-16-35(31(24)20-25)17-14-30(35)33(37)38-4/h7-12,18-20,29-30H,5-6,13-17,21H2,1-4H3/t29-,30+,35+/m0/s1. The molecule has 2 fully saturated rings. The van der Waals surface area contributed by atoms with Crippen LogP contribution in [0.4, 0.5) is 4.39 Å². The summed E-state index contributed by atoms with van der Waals surface area (Å²) >= 11 is 0. The molecule has 0 unspecified atom stereocenters. The van der Waals surface area contributed by atoms with Gasteiger partial charge in [0.1, 0.15) is 18.2 Å². The maximum Gasteiger partial charge on any atom is 0.309 e. The van der Waals surface area contributed by atoms with Crippen molar-refractivity contribution in [3.63, 3.8) is 0 Å². The average Bonchev–Trinajstić information content (AvgIpc) is 3.48. The molecular weight excluding hydrogens is 487 g/mol. The van der Waals surface area contributed by atoms with Gasteiger partial charge in [0.25, 0.3) is 0 Å². The Morgan fingerprint density at radius 1 is 0.974 bits per heavy atom. The highest BCUT2D eigenvalue weighted by atomic mass is 19.1. The van der Waals surface area contributed by atoms with Gasteiger partial charge in [0.05, 0.1) is 13.0 Å². The second-order valence-electron chi connectivity index (χ2n) is 12.7. The number of benzene rings is 3. The fraction of sp³-hybridized carbons (Fsp3) is 0.457. The van der Waals surface area contributed by atoms with Crippen LogP contribution in [0.2, 0.25) is 0 Å². The average molecular weight is 527 g/mol. The molecule has 3 nitrogen and oxygen atoms in total. The van der Waals surface area contributed by atoms with Crippen molar-refractivity contribution >= 4 is 5.97 Å². The van der Waals surface area contributed by atoms with E-state index in [2.05, 4.69) is 50.2 Å². The van der Waals surface area contributed by atoms with E-state index in [-0.39, 0.29) is 28.5 Å². The summed E-state index contributed by atoms with van der Waals surface area (Å²) in [5.74, 6) is 0.900. The first-order valence-corrected chi connectivity index (χ1v) is 14.5. The Morgan fingerprint density at radius 2 is 1.82 bits per heavy atom. The number of fused-ring (bicyclic) bond motifs is 2. The molecule has 2 saturated carbocycles. The van der Waals surface area contributed by atoms with Gasteiger partial charge < -0.3 is 9.47 Å². The third kappa shape index (κ3) is 4.46. The zero-order valence-electron chi connectivity index (χ0n) is 23.6. The van der Waals surface area contributed by atoms with Crippen molar-refractivity contribution in [1.29, 1.82) is 0 Å². The maximum absolute atomic E-state index is 15.0. The number of hydrogen-bond donors (Lipinski definition) is 0. The topological polar surface area (TPSA) is 35.5 Å². The Hall–Kier alpha value is -3.14. The van der Waals surface area contributed by atoms with E-state index < -0.39 is 0 Å². The van der Waals surface area contributed by atoms with Crippen LogP contribution >= 0.6 is 0 Å². The van der Waals surface area contributed by atoms with Crippen LogP contribution in [0.25, 0.3) is 11.1 Å². The van der Waals surface area contributed by atoms with Gasteiger partial charge in [0.2, 0.25) is 0 Å². The minimum absolute atomic E-state index is 0.0501. The van der Waals surface area contributed by atoms with Crippen LogP contribution in [0.1, 0.15) is 86.1 Å². The molecule has 3 aliphatic carbocycles. The van der Waals surface area contributed by atoms with Gasteiger partial charge in [0.15, 0.2) is 0 Å². The lowest BCUT2D eigenvalue weighted by Crippen LogP contribution is -2.47. The van der Waals surface area contributed by atoms with Gasteiger partial charge in [-0.25, -0.2) is 4.39 Å². The summed E-state index contributed by atoms with van der Waals surface area (Å²) in [5, 5.41) is 0. The lowest BCUT2D eigenvalue weighted by Gasteiger charge is -2.46. The molecule has 3 aromatic rings. The van der Waals surface area contributed by atoms with Crippen molar-refractivity contribution < 1.29 is 18.7 Å². The maximum atomic E-state index is 15.0. The van der Waals surface area contributed by atoms with E-state index in [4.69, 9.17) is 9.47 Å². The smallest absolute Gasteiger partial charge is 0.309 e. The number of aryl methyl sites for hydroxylation is 2. The SMILES string of the molecule is COC(=O)[C@H]1CC[C@]12CCc1ccc(OCc3ccc(-c4cc(C)ccc4F)c([C@@H]4CCCC4(C)C)c3)cc12. The Labute approximate surface area is 231 Å². The predicted octanol–water partition coefficient (Wildman–Crippen LogP) is 8.44.